The molecule has 2 rings (SSSR count). The van der Waals surface area contributed by atoms with Gasteiger partial charge in [0, 0.05) is 25.2 Å². The van der Waals surface area contributed by atoms with E-state index in [1.165, 1.54) is 5.69 Å². The molecule has 15 heavy (non-hydrogen) atoms. The second-order valence-corrected chi connectivity index (χ2v) is 4.17. The van der Waals surface area contributed by atoms with Crippen molar-refractivity contribution in [3.63, 3.8) is 0 Å². The van der Waals surface area contributed by atoms with Gasteiger partial charge in [0.15, 0.2) is 0 Å². The van der Waals surface area contributed by atoms with Crippen molar-refractivity contribution in [1.29, 1.82) is 0 Å². The summed E-state index contributed by atoms with van der Waals surface area (Å²) >= 11 is 0. The maximum absolute atomic E-state index is 10.4. The molecule has 0 radical (unpaired) electrons. The van der Waals surface area contributed by atoms with Gasteiger partial charge in [0.05, 0.1) is 0 Å². The lowest BCUT2D eigenvalue weighted by Gasteiger charge is -2.32. The fraction of sp³-hybridized carbons (Fsp3) is 0.462. The minimum atomic E-state index is 0.613. The fourth-order valence-electron chi connectivity index (χ4n) is 2.20. The fourth-order valence-corrected chi connectivity index (χ4v) is 2.20. The summed E-state index contributed by atoms with van der Waals surface area (Å²) in [6, 6.07) is 10.5. The maximum Gasteiger partial charge on any atom is 0.120 e. The highest BCUT2D eigenvalue weighted by atomic mass is 16.1. The first-order chi connectivity index (χ1) is 7.40. The van der Waals surface area contributed by atoms with Gasteiger partial charge in [-0.1, -0.05) is 18.2 Å². The van der Waals surface area contributed by atoms with Gasteiger partial charge in [-0.2, -0.15) is 0 Å². The highest BCUT2D eigenvalue weighted by molar-refractivity contribution is 5.50. The smallest absolute Gasteiger partial charge is 0.120 e. The van der Waals surface area contributed by atoms with Crippen LogP contribution in [0.5, 0.6) is 0 Å². The zero-order chi connectivity index (χ0) is 10.5. The molecule has 2 nitrogen and oxygen atoms in total. The summed E-state index contributed by atoms with van der Waals surface area (Å²) in [4.78, 5) is 12.8. The normalized spacial score (nSPS) is 17.7. The van der Waals surface area contributed by atoms with Crippen molar-refractivity contribution >= 4 is 12.0 Å². The minimum Gasteiger partial charge on any atom is -0.372 e. The Morgan fingerprint density at radius 3 is 2.47 bits per heavy atom. The van der Waals surface area contributed by atoms with Crippen molar-refractivity contribution in [3.8, 4) is 0 Å². The topological polar surface area (TPSA) is 20.3 Å². The highest BCUT2D eigenvalue weighted by Crippen LogP contribution is 2.24. The van der Waals surface area contributed by atoms with Gasteiger partial charge >= 0.3 is 0 Å². The minimum absolute atomic E-state index is 0.613. The van der Waals surface area contributed by atoms with Crippen LogP contribution in [0.15, 0.2) is 30.3 Å². The summed E-state index contributed by atoms with van der Waals surface area (Å²) in [5.41, 5.74) is 1.31. The third kappa shape index (κ3) is 2.58. The van der Waals surface area contributed by atoms with E-state index in [0.717, 1.165) is 38.6 Å². The molecular weight excluding hydrogens is 186 g/mol. The molecule has 0 spiro atoms. The molecule has 1 heterocycles. The molecule has 80 valence electrons. The highest BCUT2D eigenvalue weighted by Gasteiger charge is 2.18. The van der Waals surface area contributed by atoms with Crippen LogP contribution in [-0.2, 0) is 4.79 Å². The Balaban J connectivity index is 1.91. The molecule has 0 N–H and O–H groups in total. The van der Waals surface area contributed by atoms with Crippen LogP contribution in [0.2, 0.25) is 0 Å². The van der Waals surface area contributed by atoms with Crippen molar-refractivity contribution < 1.29 is 4.79 Å². The number of hydrogen-bond donors (Lipinski definition) is 0. The molecule has 0 bridgehead atoms. The first kappa shape index (κ1) is 10.2. The lowest BCUT2D eigenvalue weighted by atomic mass is 9.94. The van der Waals surface area contributed by atoms with Crippen LogP contribution in [0.1, 0.15) is 19.3 Å². The van der Waals surface area contributed by atoms with Gasteiger partial charge in [-0.25, -0.2) is 0 Å². The first-order valence-electron chi connectivity index (χ1n) is 5.64. The number of benzene rings is 1. The molecule has 1 aliphatic heterocycles. The first-order valence-corrected chi connectivity index (χ1v) is 5.64. The maximum atomic E-state index is 10.4. The third-order valence-corrected chi connectivity index (χ3v) is 3.17. The van der Waals surface area contributed by atoms with Crippen molar-refractivity contribution in [2.45, 2.75) is 19.3 Å². The third-order valence-electron chi connectivity index (χ3n) is 3.17. The van der Waals surface area contributed by atoms with Gasteiger partial charge in [-0.3, -0.25) is 0 Å². The Morgan fingerprint density at radius 1 is 1.20 bits per heavy atom. The average Bonchev–Trinajstić information content (AvgIpc) is 2.32. The van der Waals surface area contributed by atoms with E-state index in [0.29, 0.717) is 5.92 Å². The number of piperidine rings is 1. The van der Waals surface area contributed by atoms with E-state index < -0.39 is 0 Å². The Kier molecular flexibility index (Phi) is 3.38. The molecular formula is C13H17NO. The van der Waals surface area contributed by atoms with Gasteiger partial charge < -0.3 is 9.69 Å². The zero-order valence-corrected chi connectivity index (χ0v) is 8.93. The average molecular weight is 203 g/mol. The predicted octanol–water partition coefficient (Wildman–Crippen LogP) is 2.49. The molecule has 1 fully saturated rings. The SMILES string of the molecule is O=CCC1CCN(c2ccccc2)CC1. The van der Waals surface area contributed by atoms with E-state index in [1.807, 2.05) is 6.07 Å². The van der Waals surface area contributed by atoms with Crippen LogP contribution in [0.3, 0.4) is 0 Å². The largest absolute Gasteiger partial charge is 0.372 e. The van der Waals surface area contributed by atoms with Crippen LogP contribution in [0.25, 0.3) is 0 Å². The Bertz CT molecular complexity index is 302. The second-order valence-electron chi connectivity index (χ2n) is 4.17. The summed E-state index contributed by atoms with van der Waals surface area (Å²) < 4.78 is 0. The van der Waals surface area contributed by atoms with Gasteiger partial charge in [-0.05, 0) is 30.9 Å². The number of carbonyl (C=O) groups is 1. The van der Waals surface area contributed by atoms with Gasteiger partial charge in [-0.15, -0.1) is 0 Å². The van der Waals surface area contributed by atoms with Gasteiger partial charge in [0.25, 0.3) is 0 Å². The summed E-state index contributed by atoms with van der Waals surface area (Å²) in [7, 11) is 0. The zero-order valence-electron chi connectivity index (χ0n) is 8.93. The molecule has 0 saturated carbocycles. The number of rotatable bonds is 3. The van der Waals surface area contributed by atoms with E-state index in [4.69, 9.17) is 0 Å². The van der Waals surface area contributed by atoms with E-state index in [-0.39, 0.29) is 0 Å². The number of nitrogens with zero attached hydrogens (tertiary/aromatic N) is 1. The number of aldehydes is 1. The molecule has 1 saturated heterocycles. The lowest BCUT2D eigenvalue weighted by molar-refractivity contribution is -0.108. The molecule has 0 atom stereocenters. The van der Waals surface area contributed by atoms with E-state index in [1.54, 1.807) is 0 Å². The number of para-hydroxylation sites is 1. The van der Waals surface area contributed by atoms with Crippen LogP contribution in [0, 0.1) is 5.92 Å². The molecule has 1 aromatic carbocycles. The van der Waals surface area contributed by atoms with Crippen LogP contribution >= 0.6 is 0 Å². The predicted molar refractivity (Wildman–Crippen MR) is 62.1 cm³/mol. The Morgan fingerprint density at radius 2 is 1.87 bits per heavy atom. The Labute approximate surface area is 90.9 Å². The number of anilines is 1. The van der Waals surface area contributed by atoms with Crippen molar-refractivity contribution in [2.24, 2.45) is 5.92 Å². The standard InChI is InChI=1S/C13H17NO/c15-11-8-12-6-9-14(10-7-12)13-4-2-1-3-5-13/h1-5,11-12H,6-10H2. The molecule has 0 aromatic heterocycles. The summed E-state index contributed by atoms with van der Waals surface area (Å²) in [6.45, 7) is 2.17. The molecule has 1 aliphatic rings. The van der Waals surface area contributed by atoms with E-state index >= 15 is 0 Å². The van der Waals surface area contributed by atoms with Crippen molar-refractivity contribution in [2.75, 3.05) is 18.0 Å². The molecule has 0 aliphatic carbocycles. The van der Waals surface area contributed by atoms with E-state index in [9.17, 15) is 4.79 Å². The molecule has 2 heteroatoms. The number of hydrogen-bond acceptors (Lipinski definition) is 2. The van der Waals surface area contributed by atoms with Crippen LogP contribution in [-0.4, -0.2) is 19.4 Å². The Hall–Kier alpha value is -1.31. The van der Waals surface area contributed by atoms with Crippen molar-refractivity contribution in [1.82, 2.24) is 0 Å². The van der Waals surface area contributed by atoms with Crippen molar-refractivity contribution in [3.05, 3.63) is 30.3 Å². The van der Waals surface area contributed by atoms with Gasteiger partial charge in [0.2, 0.25) is 0 Å². The molecule has 1 aromatic rings. The summed E-state index contributed by atoms with van der Waals surface area (Å²) in [6.07, 6.45) is 4.09. The molecule has 0 amide bonds. The summed E-state index contributed by atoms with van der Waals surface area (Å²) in [5.74, 6) is 0.613. The summed E-state index contributed by atoms with van der Waals surface area (Å²) in [5, 5.41) is 0. The lowest BCUT2D eigenvalue weighted by Crippen LogP contribution is -2.33. The quantitative estimate of drug-likeness (QED) is 0.703. The second kappa shape index (κ2) is 4.96. The number of carbonyl (C=O) groups excluding carboxylic acids is 1. The van der Waals surface area contributed by atoms with Gasteiger partial charge in [0.1, 0.15) is 6.29 Å². The monoisotopic (exact) mass is 203 g/mol. The van der Waals surface area contributed by atoms with Crippen LogP contribution < -0.4 is 4.90 Å². The van der Waals surface area contributed by atoms with E-state index in [2.05, 4.69) is 29.2 Å². The molecule has 0 unspecified atom stereocenters. The van der Waals surface area contributed by atoms with Crippen LogP contribution in [0.4, 0.5) is 5.69 Å².